The van der Waals surface area contributed by atoms with E-state index in [1.54, 1.807) is 18.2 Å². The average Bonchev–Trinajstić information content (AvgIpc) is 3.17. The van der Waals surface area contributed by atoms with Crippen molar-refractivity contribution in [3.63, 3.8) is 0 Å². The van der Waals surface area contributed by atoms with E-state index >= 15 is 0 Å². The molecule has 1 aliphatic rings. The molecule has 2 heterocycles. The minimum Gasteiger partial charge on any atom is -0.508 e. The first kappa shape index (κ1) is 18.5. The lowest BCUT2D eigenvalue weighted by Crippen LogP contribution is -2.32. The predicted molar refractivity (Wildman–Crippen MR) is 101 cm³/mol. The number of phenolic OH excluding ortho intramolecular Hbond substituents is 1. The highest BCUT2D eigenvalue weighted by atomic mass is 16.4. The summed E-state index contributed by atoms with van der Waals surface area (Å²) >= 11 is 0. The molecule has 5 heteroatoms. The summed E-state index contributed by atoms with van der Waals surface area (Å²) in [5, 5.41) is 12.2. The van der Waals surface area contributed by atoms with E-state index < -0.39 is 0 Å². The molecule has 1 amide bonds. The van der Waals surface area contributed by atoms with E-state index in [0.717, 1.165) is 37.3 Å². The van der Waals surface area contributed by atoms with Gasteiger partial charge in [-0.05, 0) is 75.5 Å². The topological polar surface area (TPSA) is 65.7 Å². The van der Waals surface area contributed by atoms with Crippen molar-refractivity contribution < 1.29 is 14.3 Å². The third kappa shape index (κ3) is 4.88. The molecular weight excluding hydrogens is 328 g/mol. The number of carbonyl (C=O) groups excluding carboxylic acids is 1. The van der Waals surface area contributed by atoms with Crippen molar-refractivity contribution in [1.82, 2.24) is 10.2 Å². The van der Waals surface area contributed by atoms with Crippen molar-refractivity contribution in [3.8, 4) is 5.75 Å². The van der Waals surface area contributed by atoms with Crippen LogP contribution in [0.4, 0.5) is 0 Å². The van der Waals surface area contributed by atoms with Crippen molar-refractivity contribution >= 4 is 5.91 Å². The van der Waals surface area contributed by atoms with E-state index in [0.29, 0.717) is 12.3 Å². The van der Waals surface area contributed by atoms with E-state index in [2.05, 4.69) is 17.1 Å². The van der Waals surface area contributed by atoms with Gasteiger partial charge in [-0.15, -0.1) is 0 Å². The van der Waals surface area contributed by atoms with Crippen LogP contribution < -0.4 is 5.32 Å². The molecule has 0 radical (unpaired) electrons. The molecule has 1 aromatic heterocycles. The number of piperidine rings is 1. The lowest BCUT2D eigenvalue weighted by Gasteiger charge is -2.31. The van der Waals surface area contributed by atoms with Crippen LogP contribution in [0.25, 0.3) is 0 Å². The van der Waals surface area contributed by atoms with Crippen molar-refractivity contribution in [2.24, 2.45) is 0 Å². The Morgan fingerprint density at radius 3 is 2.62 bits per heavy atom. The largest absolute Gasteiger partial charge is 0.508 e. The van der Waals surface area contributed by atoms with Gasteiger partial charge in [-0.2, -0.15) is 0 Å². The SMILES string of the molecule is C[C@H](c1ccc(C(=O)NCCCc2ccc(O)cc2)o1)N1CCCCC1. The van der Waals surface area contributed by atoms with Crippen molar-refractivity contribution in [1.29, 1.82) is 0 Å². The fraction of sp³-hybridized carbons (Fsp3) is 0.476. The number of nitrogens with zero attached hydrogens (tertiary/aromatic N) is 1. The minimum absolute atomic E-state index is 0.159. The maximum absolute atomic E-state index is 12.3. The average molecular weight is 356 g/mol. The molecule has 1 aliphatic heterocycles. The Morgan fingerprint density at radius 2 is 1.88 bits per heavy atom. The van der Waals surface area contributed by atoms with Gasteiger partial charge in [0.05, 0.1) is 6.04 Å². The molecule has 5 nitrogen and oxygen atoms in total. The molecule has 1 aromatic carbocycles. The van der Waals surface area contributed by atoms with E-state index in [9.17, 15) is 9.90 Å². The van der Waals surface area contributed by atoms with Crippen LogP contribution >= 0.6 is 0 Å². The molecule has 2 N–H and O–H groups in total. The molecule has 0 spiro atoms. The zero-order valence-electron chi connectivity index (χ0n) is 15.4. The van der Waals surface area contributed by atoms with Crippen LogP contribution in [0.5, 0.6) is 5.75 Å². The highest BCUT2D eigenvalue weighted by molar-refractivity contribution is 5.91. The number of aryl methyl sites for hydroxylation is 1. The van der Waals surface area contributed by atoms with Gasteiger partial charge in [0.15, 0.2) is 5.76 Å². The van der Waals surface area contributed by atoms with Gasteiger partial charge in [0.1, 0.15) is 11.5 Å². The van der Waals surface area contributed by atoms with Crippen molar-refractivity contribution in [3.05, 3.63) is 53.5 Å². The highest BCUT2D eigenvalue weighted by Gasteiger charge is 2.22. The lowest BCUT2D eigenvalue weighted by atomic mass is 10.1. The van der Waals surface area contributed by atoms with E-state index in [1.165, 1.54) is 19.3 Å². The maximum atomic E-state index is 12.3. The number of phenols is 1. The fourth-order valence-electron chi connectivity index (χ4n) is 3.43. The van der Waals surface area contributed by atoms with Crippen LogP contribution in [-0.2, 0) is 6.42 Å². The number of hydrogen-bond donors (Lipinski definition) is 2. The molecular formula is C21H28N2O3. The monoisotopic (exact) mass is 356 g/mol. The smallest absolute Gasteiger partial charge is 0.286 e. The number of nitrogens with one attached hydrogen (secondary N) is 1. The van der Waals surface area contributed by atoms with Crippen LogP contribution in [0.15, 0.2) is 40.8 Å². The third-order valence-corrected chi connectivity index (χ3v) is 5.06. The number of amides is 1. The summed E-state index contributed by atoms with van der Waals surface area (Å²) in [5.41, 5.74) is 1.15. The molecule has 26 heavy (non-hydrogen) atoms. The number of carbonyl (C=O) groups is 1. The van der Waals surface area contributed by atoms with Crippen LogP contribution in [0, 0.1) is 0 Å². The van der Waals surface area contributed by atoms with Gasteiger partial charge >= 0.3 is 0 Å². The highest BCUT2D eigenvalue weighted by Crippen LogP contribution is 2.25. The van der Waals surface area contributed by atoms with Crippen LogP contribution in [0.3, 0.4) is 0 Å². The van der Waals surface area contributed by atoms with E-state index in [4.69, 9.17) is 4.42 Å². The molecule has 1 saturated heterocycles. The predicted octanol–water partition coefficient (Wildman–Crippen LogP) is 3.89. The molecule has 140 valence electrons. The second kappa shape index (κ2) is 8.90. The number of likely N-dealkylation sites (tertiary alicyclic amines) is 1. The molecule has 1 atom stereocenters. The normalized spacial score (nSPS) is 16.3. The molecule has 1 fully saturated rings. The number of benzene rings is 1. The van der Waals surface area contributed by atoms with Gasteiger partial charge in [0, 0.05) is 6.54 Å². The third-order valence-electron chi connectivity index (χ3n) is 5.06. The standard InChI is InChI=1S/C21H28N2O3/c1-16(23-14-3-2-4-15-23)19-11-12-20(26-19)21(25)22-13-5-6-17-7-9-18(24)10-8-17/h7-12,16,24H,2-6,13-15H2,1H3,(H,22,25)/t16-/m1/s1. The molecule has 0 aliphatic carbocycles. The Kier molecular flexibility index (Phi) is 6.34. The fourth-order valence-corrected chi connectivity index (χ4v) is 3.43. The zero-order valence-corrected chi connectivity index (χ0v) is 15.4. The Hall–Kier alpha value is -2.27. The summed E-state index contributed by atoms with van der Waals surface area (Å²) < 4.78 is 5.81. The van der Waals surface area contributed by atoms with E-state index in [-0.39, 0.29) is 17.7 Å². The Bertz CT molecular complexity index is 702. The number of aromatic hydroxyl groups is 1. The Balaban J connectivity index is 1.44. The number of furan rings is 1. The lowest BCUT2D eigenvalue weighted by molar-refractivity contribution is 0.0916. The van der Waals surface area contributed by atoms with Gasteiger partial charge in [0.25, 0.3) is 5.91 Å². The van der Waals surface area contributed by atoms with Gasteiger partial charge in [-0.3, -0.25) is 9.69 Å². The second-order valence-corrected chi connectivity index (χ2v) is 7.00. The maximum Gasteiger partial charge on any atom is 0.286 e. The summed E-state index contributed by atoms with van der Waals surface area (Å²) in [6.45, 7) is 4.93. The Morgan fingerprint density at radius 1 is 1.15 bits per heavy atom. The molecule has 3 rings (SSSR count). The molecule has 0 saturated carbocycles. The summed E-state index contributed by atoms with van der Waals surface area (Å²) in [4.78, 5) is 14.7. The van der Waals surface area contributed by atoms with Crippen LogP contribution in [0.1, 0.15) is 60.5 Å². The van der Waals surface area contributed by atoms with Crippen LogP contribution in [0.2, 0.25) is 0 Å². The van der Waals surface area contributed by atoms with Crippen molar-refractivity contribution in [2.45, 2.75) is 45.1 Å². The summed E-state index contributed by atoms with van der Waals surface area (Å²) in [6.07, 6.45) is 5.47. The Labute approximate surface area is 155 Å². The first-order chi connectivity index (χ1) is 12.6. The summed E-state index contributed by atoms with van der Waals surface area (Å²) in [5.74, 6) is 1.36. The van der Waals surface area contributed by atoms with Gasteiger partial charge in [0.2, 0.25) is 0 Å². The van der Waals surface area contributed by atoms with Gasteiger partial charge in [-0.25, -0.2) is 0 Å². The number of hydrogen-bond acceptors (Lipinski definition) is 4. The molecule has 2 aromatic rings. The summed E-state index contributed by atoms with van der Waals surface area (Å²) in [7, 11) is 0. The first-order valence-corrected chi connectivity index (χ1v) is 9.53. The van der Waals surface area contributed by atoms with Crippen LogP contribution in [-0.4, -0.2) is 35.5 Å². The summed E-state index contributed by atoms with van der Waals surface area (Å²) in [6, 6.07) is 11.1. The zero-order chi connectivity index (χ0) is 18.4. The quantitative estimate of drug-likeness (QED) is 0.739. The van der Waals surface area contributed by atoms with Gasteiger partial charge in [-0.1, -0.05) is 18.6 Å². The minimum atomic E-state index is -0.159. The molecule has 0 bridgehead atoms. The van der Waals surface area contributed by atoms with E-state index in [1.807, 2.05) is 18.2 Å². The first-order valence-electron chi connectivity index (χ1n) is 9.53. The molecule has 0 unspecified atom stereocenters. The second-order valence-electron chi connectivity index (χ2n) is 7.00. The van der Waals surface area contributed by atoms with Crippen molar-refractivity contribution in [2.75, 3.05) is 19.6 Å². The number of rotatable bonds is 7. The van der Waals surface area contributed by atoms with Gasteiger partial charge < -0.3 is 14.8 Å².